The lowest BCUT2D eigenvalue weighted by Gasteiger charge is -2.23. The maximum atomic E-state index is 9.10. The van der Waals surface area contributed by atoms with Crippen LogP contribution in [0.5, 0.6) is 5.75 Å². The molecule has 116 valence electrons. The quantitative estimate of drug-likeness (QED) is 0.698. The molecule has 1 heterocycles. The van der Waals surface area contributed by atoms with E-state index in [2.05, 4.69) is 18.3 Å². The molecule has 0 bridgehead atoms. The molecule has 1 aromatic rings. The van der Waals surface area contributed by atoms with Crippen LogP contribution >= 0.6 is 0 Å². The highest BCUT2D eigenvalue weighted by molar-refractivity contribution is 6.27. The third-order valence-corrected chi connectivity index (χ3v) is 2.71. The second-order valence-electron chi connectivity index (χ2n) is 4.38. The normalized spacial score (nSPS) is 17.3. The maximum Gasteiger partial charge on any atom is 0.414 e. The molecule has 1 aliphatic heterocycles. The van der Waals surface area contributed by atoms with Crippen molar-refractivity contribution >= 4 is 11.9 Å². The molecule has 0 aliphatic carbocycles. The molecule has 0 radical (unpaired) electrons. The number of hydrogen-bond acceptors (Lipinski definition) is 5. The minimum absolute atomic E-state index is 0.179. The first kappa shape index (κ1) is 16.9. The number of carboxylic acid groups (broad SMARTS) is 2. The summed E-state index contributed by atoms with van der Waals surface area (Å²) >= 11 is 0. The fraction of sp³-hybridized carbons (Fsp3) is 0.429. The zero-order chi connectivity index (χ0) is 15.7. The summed E-state index contributed by atoms with van der Waals surface area (Å²) < 4.78 is 11.3. The molecule has 0 spiro atoms. The largest absolute Gasteiger partial charge is 0.491 e. The van der Waals surface area contributed by atoms with E-state index >= 15 is 0 Å². The zero-order valence-corrected chi connectivity index (χ0v) is 11.7. The number of aliphatic carboxylic acids is 2. The van der Waals surface area contributed by atoms with Crippen molar-refractivity contribution in [1.82, 2.24) is 5.32 Å². The van der Waals surface area contributed by atoms with Gasteiger partial charge in [0.15, 0.2) is 0 Å². The van der Waals surface area contributed by atoms with E-state index in [0.29, 0.717) is 6.61 Å². The molecule has 21 heavy (non-hydrogen) atoms. The van der Waals surface area contributed by atoms with Crippen LogP contribution in [0, 0.1) is 6.92 Å². The van der Waals surface area contributed by atoms with Gasteiger partial charge < -0.3 is 25.0 Å². The average Bonchev–Trinajstić information content (AvgIpc) is 2.48. The Bertz CT molecular complexity index is 458. The summed E-state index contributed by atoms with van der Waals surface area (Å²) in [4.78, 5) is 18.2. The van der Waals surface area contributed by atoms with Crippen molar-refractivity contribution in [1.29, 1.82) is 0 Å². The summed E-state index contributed by atoms with van der Waals surface area (Å²) in [6.07, 6.45) is 0.179. The highest BCUT2D eigenvalue weighted by Crippen LogP contribution is 2.16. The Kier molecular flexibility index (Phi) is 7.20. The lowest BCUT2D eigenvalue weighted by Crippen LogP contribution is -2.41. The number of carboxylic acids is 2. The van der Waals surface area contributed by atoms with Gasteiger partial charge in [0.1, 0.15) is 18.5 Å². The van der Waals surface area contributed by atoms with Crippen molar-refractivity contribution in [3.8, 4) is 5.75 Å². The molecule has 0 aromatic heterocycles. The molecule has 1 fully saturated rings. The topological polar surface area (TPSA) is 105 Å². The third kappa shape index (κ3) is 6.73. The summed E-state index contributed by atoms with van der Waals surface area (Å²) in [5.74, 6) is -2.70. The van der Waals surface area contributed by atoms with Gasteiger partial charge in [0.2, 0.25) is 0 Å². The van der Waals surface area contributed by atoms with Crippen molar-refractivity contribution < 1.29 is 29.3 Å². The van der Waals surface area contributed by atoms with Gasteiger partial charge in [0, 0.05) is 13.1 Å². The fourth-order valence-electron chi connectivity index (χ4n) is 1.63. The lowest BCUT2D eigenvalue weighted by molar-refractivity contribution is -0.159. The number of nitrogens with one attached hydrogen (secondary N) is 1. The van der Waals surface area contributed by atoms with Gasteiger partial charge in [-0.05, 0) is 18.6 Å². The molecule has 7 nitrogen and oxygen atoms in total. The summed E-state index contributed by atoms with van der Waals surface area (Å²) in [6.45, 7) is 5.28. The molecule has 1 atom stereocenters. The number of morpholine rings is 1. The van der Waals surface area contributed by atoms with Crippen LogP contribution in [0.25, 0.3) is 0 Å². The highest BCUT2D eigenvalue weighted by atomic mass is 16.5. The van der Waals surface area contributed by atoms with E-state index in [9.17, 15) is 0 Å². The van der Waals surface area contributed by atoms with Gasteiger partial charge in [-0.25, -0.2) is 9.59 Å². The van der Waals surface area contributed by atoms with Crippen LogP contribution in [0.4, 0.5) is 0 Å². The predicted octanol–water partition coefficient (Wildman–Crippen LogP) is 0.518. The summed E-state index contributed by atoms with van der Waals surface area (Å²) in [5.41, 5.74) is 1.17. The Morgan fingerprint density at radius 3 is 2.52 bits per heavy atom. The van der Waals surface area contributed by atoms with Crippen molar-refractivity contribution in [3.63, 3.8) is 0 Å². The second kappa shape index (κ2) is 8.93. The van der Waals surface area contributed by atoms with Gasteiger partial charge in [0.05, 0.1) is 6.61 Å². The third-order valence-electron chi connectivity index (χ3n) is 2.71. The molecule has 1 unspecified atom stereocenters. The average molecular weight is 297 g/mol. The van der Waals surface area contributed by atoms with Gasteiger partial charge in [0.25, 0.3) is 0 Å². The van der Waals surface area contributed by atoms with E-state index in [1.54, 1.807) is 0 Å². The van der Waals surface area contributed by atoms with E-state index in [1.165, 1.54) is 5.56 Å². The number of rotatable bonds is 3. The molecule has 7 heteroatoms. The van der Waals surface area contributed by atoms with E-state index in [0.717, 1.165) is 25.4 Å². The Labute approximate surface area is 122 Å². The molecule has 0 saturated carbocycles. The van der Waals surface area contributed by atoms with Crippen LogP contribution < -0.4 is 10.1 Å². The molecular formula is C14H19NO6. The van der Waals surface area contributed by atoms with Gasteiger partial charge in [-0.2, -0.15) is 0 Å². The van der Waals surface area contributed by atoms with Crippen molar-refractivity contribution in [2.45, 2.75) is 13.0 Å². The first-order valence-corrected chi connectivity index (χ1v) is 6.47. The maximum absolute atomic E-state index is 9.10. The van der Waals surface area contributed by atoms with Gasteiger partial charge in [-0.1, -0.05) is 18.2 Å². The smallest absolute Gasteiger partial charge is 0.414 e. The zero-order valence-electron chi connectivity index (χ0n) is 11.7. The number of hydrogen-bond donors (Lipinski definition) is 3. The predicted molar refractivity (Wildman–Crippen MR) is 74.6 cm³/mol. The minimum Gasteiger partial charge on any atom is -0.491 e. The van der Waals surface area contributed by atoms with Gasteiger partial charge >= 0.3 is 11.9 Å². The molecule has 0 amide bonds. The molecule has 3 N–H and O–H groups in total. The molecular weight excluding hydrogens is 278 g/mol. The van der Waals surface area contributed by atoms with Crippen LogP contribution in [0.1, 0.15) is 5.56 Å². The van der Waals surface area contributed by atoms with Crippen LogP contribution in [0.2, 0.25) is 0 Å². The number of carbonyl (C=O) groups is 2. The van der Waals surface area contributed by atoms with Crippen LogP contribution in [-0.4, -0.2) is 54.6 Å². The monoisotopic (exact) mass is 297 g/mol. The van der Waals surface area contributed by atoms with Crippen LogP contribution in [0.3, 0.4) is 0 Å². The van der Waals surface area contributed by atoms with E-state index in [1.807, 2.05) is 18.2 Å². The van der Waals surface area contributed by atoms with Crippen LogP contribution in [-0.2, 0) is 14.3 Å². The molecule has 1 aromatic carbocycles. The SMILES string of the molecule is Cc1ccccc1OCC1CNCCO1.O=C(O)C(=O)O. The Balaban J connectivity index is 0.000000315. The Hall–Kier alpha value is -2.12. The Morgan fingerprint density at radius 1 is 1.33 bits per heavy atom. The number of aryl methyl sites for hydroxylation is 1. The Morgan fingerprint density at radius 2 is 2.00 bits per heavy atom. The van der Waals surface area contributed by atoms with Gasteiger partial charge in [-0.15, -0.1) is 0 Å². The molecule has 2 rings (SSSR count). The molecule has 1 saturated heterocycles. The van der Waals surface area contributed by atoms with E-state index in [4.69, 9.17) is 29.3 Å². The number of para-hydroxylation sites is 1. The second-order valence-corrected chi connectivity index (χ2v) is 4.38. The minimum atomic E-state index is -1.82. The van der Waals surface area contributed by atoms with Crippen molar-refractivity contribution in [2.75, 3.05) is 26.3 Å². The molecule has 1 aliphatic rings. The van der Waals surface area contributed by atoms with E-state index < -0.39 is 11.9 Å². The summed E-state index contributed by atoms with van der Waals surface area (Å²) in [5, 5.41) is 18.1. The highest BCUT2D eigenvalue weighted by Gasteiger charge is 2.14. The standard InChI is InChI=1S/C12H17NO2.C2H2O4/c1-10-4-2-3-5-12(10)15-9-11-8-13-6-7-14-11;3-1(4)2(5)6/h2-5,11,13H,6-9H2,1H3;(H,3,4)(H,5,6). The van der Waals surface area contributed by atoms with Crippen molar-refractivity contribution in [3.05, 3.63) is 29.8 Å². The fourth-order valence-corrected chi connectivity index (χ4v) is 1.63. The lowest BCUT2D eigenvalue weighted by atomic mass is 10.2. The first-order chi connectivity index (χ1) is 10.0. The number of benzene rings is 1. The summed E-state index contributed by atoms with van der Waals surface area (Å²) in [7, 11) is 0. The summed E-state index contributed by atoms with van der Waals surface area (Å²) in [6, 6.07) is 8.05. The van der Waals surface area contributed by atoms with Crippen LogP contribution in [0.15, 0.2) is 24.3 Å². The number of ether oxygens (including phenoxy) is 2. The van der Waals surface area contributed by atoms with E-state index in [-0.39, 0.29) is 6.10 Å². The first-order valence-electron chi connectivity index (χ1n) is 6.47. The van der Waals surface area contributed by atoms with Crippen molar-refractivity contribution in [2.24, 2.45) is 0 Å². The van der Waals surface area contributed by atoms with Gasteiger partial charge in [-0.3, -0.25) is 0 Å².